The number of carboxylic acids is 1. The Hall–Kier alpha value is -1.36. The van der Waals surface area contributed by atoms with Crippen molar-refractivity contribution >= 4 is 5.97 Å². The van der Waals surface area contributed by atoms with E-state index >= 15 is 0 Å². The summed E-state index contributed by atoms with van der Waals surface area (Å²) in [6, 6.07) is -0.313. The number of carbonyl (C=O) groups is 1. The first-order chi connectivity index (χ1) is 8.08. The summed E-state index contributed by atoms with van der Waals surface area (Å²) >= 11 is 0. The van der Waals surface area contributed by atoms with Crippen LogP contribution >= 0.6 is 0 Å². The molecule has 1 aromatic heterocycles. The summed E-state index contributed by atoms with van der Waals surface area (Å²) in [6.45, 7) is 3.70. The summed E-state index contributed by atoms with van der Waals surface area (Å²) in [5.41, 5.74) is 1.16. The van der Waals surface area contributed by atoms with Gasteiger partial charge < -0.3 is 5.11 Å². The van der Waals surface area contributed by atoms with Crippen molar-refractivity contribution in [1.29, 1.82) is 0 Å². The summed E-state index contributed by atoms with van der Waals surface area (Å²) in [6.07, 6.45) is 5.67. The second-order valence-corrected chi connectivity index (χ2v) is 4.86. The molecule has 2 atom stereocenters. The molecule has 1 aliphatic heterocycles. The maximum atomic E-state index is 11.2. The first kappa shape index (κ1) is 12.1. The van der Waals surface area contributed by atoms with Crippen LogP contribution in [0, 0.1) is 5.92 Å². The number of aryl methyl sites for hydroxylation is 1. The van der Waals surface area contributed by atoms with Crippen LogP contribution in [0.15, 0.2) is 12.4 Å². The Balaban J connectivity index is 1.92. The minimum Gasteiger partial charge on any atom is -0.480 e. The van der Waals surface area contributed by atoms with Crippen LogP contribution in [0.2, 0.25) is 0 Å². The lowest BCUT2D eigenvalue weighted by molar-refractivity contribution is -0.143. The lowest BCUT2D eigenvalue weighted by atomic mass is 10.0. The van der Waals surface area contributed by atoms with Gasteiger partial charge in [-0.3, -0.25) is 14.4 Å². The molecular weight excluding hydrogens is 218 g/mol. The Bertz CT molecular complexity index is 402. The molecule has 2 unspecified atom stereocenters. The topological polar surface area (TPSA) is 58.4 Å². The fraction of sp³-hybridized carbons (Fsp3) is 0.667. The number of hydrogen-bond acceptors (Lipinski definition) is 3. The highest BCUT2D eigenvalue weighted by molar-refractivity contribution is 5.74. The molecule has 1 saturated heterocycles. The Morgan fingerprint density at radius 3 is 3.00 bits per heavy atom. The van der Waals surface area contributed by atoms with E-state index in [0.29, 0.717) is 0 Å². The third kappa shape index (κ3) is 2.66. The molecule has 94 valence electrons. The van der Waals surface area contributed by atoms with Crippen molar-refractivity contribution in [2.45, 2.75) is 25.8 Å². The average molecular weight is 237 g/mol. The Labute approximate surface area is 101 Å². The smallest absolute Gasteiger partial charge is 0.321 e. The highest BCUT2D eigenvalue weighted by Gasteiger charge is 2.36. The fourth-order valence-corrected chi connectivity index (χ4v) is 2.55. The summed E-state index contributed by atoms with van der Waals surface area (Å²) in [7, 11) is 1.89. The number of likely N-dealkylation sites (tertiary alicyclic amines) is 1. The quantitative estimate of drug-likeness (QED) is 0.840. The summed E-state index contributed by atoms with van der Waals surface area (Å²) in [5.74, 6) is -0.442. The molecule has 1 aromatic rings. The molecule has 5 heteroatoms. The second-order valence-electron chi connectivity index (χ2n) is 4.86. The monoisotopic (exact) mass is 237 g/mol. The minimum absolute atomic E-state index is 0.251. The maximum Gasteiger partial charge on any atom is 0.321 e. The molecule has 0 radical (unpaired) electrons. The van der Waals surface area contributed by atoms with E-state index < -0.39 is 5.97 Å². The van der Waals surface area contributed by atoms with Gasteiger partial charge in [-0.15, -0.1) is 0 Å². The SMILES string of the molecule is CC1CCN(CCc2cnn(C)c2)C1C(=O)O. The van der Waals surface area contributed by atoms with Crippen molar-refractivity contribution in [1.82, 2.24) is 14.7 Å². The molecule has 0 aliphatic carbocycles. The zero-order chi connectivity index (χ0) is 12.4. The average Bonchev–Trinajstić information content (AvgIpc) is 2.82. The van der Waals surface area contributed by atoms with E-state index in [2.05, 4.69) is 10.00 Å². The first-order valence-electron chi connectivity index (χ1n) is 6.02. The third-order valence-electron chi connectivity index (χ3n) is 3.50. The van der Waals surface area contributed by atoms with E-state index in [1.807, 2.05) is 26.4 Å². The molecule has 0 saturated carbocycles. The molecule has 17 heavy (non-hydrogen) atoms. The van der Waals surface area contributed by atoms with E-state index in [0.717, 1.165) is 31.5 Å². The number of aliphatic carboxylic acids is 1. The molecular formula is C12H19N3O2. The minimum atomic E-state index is -0.693. The second kappa shape index (κ2) is 4.87. The van der Waals surface area contributed by atoms with Crippen molar-refractivity contribution in [2.24, 2.45) is 13.0 Å². The van der Waals surface area contributed by atoms with E-state index in [-0.39, 0.29) is 12.0 Å². The zero-order valence-electron chi connectivity index (χ0n) is 10.3. The van der Waals surface area contributed by atoms with Gasteiger partial charge in [0.15, 0.2) is 0 Å². The standard InChI is InChI=1S/C12H19N3O2/c1-9-3-5-15(11(9)12(16)17)6-4-10-7-13-14(2)8-10/h7-9,11H,3-6H2,1-2H3,(H,16,17). The van der Waals surface area contributed by atoms with Gasteiger partial charge in [0.2, 0.25) is 0 Å². The molecule has 0 amide bonds. The molecule has 1 fully saturated rings. The van der Waals surface area contributed by atoms with Gasteiger partial charge in [0.1, 0.15) is 6.04 Å². The van der Waals surface area contributed by atoms with Crippen LogP contribution in [0.25, 0.3) is 0 Å². The van der Waals surface area contributed by atoms with E-state index in [4.69, 9.17) is 0 Å². The van der Waals surface area contributed by atoms with Crippen molar-refractivity contribution in [3.05, 3.63) is 18.0 Å². The van der Waals surface area contributed by atoms with Gasteiger partial charge in [0, 0.05) is 19.8 Å². The third-order valence-corrected chi connectivity index (χ3v) is 3.50. The predicted octanol–water partition coefficient (Wildman–Crippen LogP) is 0.758. The van der Waals surface area contributed by atoms with Crippen LogP contribution in [-0.2, 0) is 18.3 Å². The lowest BCUT2D eigenvalue weighted by Gasteiger charge is -2.22. The Morgan fingerprint density at radius 2 is 2.41 bits per heavy atom. The summed E-state index contributed by atoms with van der Waals surface area (Å²) in [5, 5.41) is 13.3. The Morgan fingerprint density at radius 1 is 1.65 bits per heavy atom. The molecule has 1 N–H and O–H groups in total. The first-order valence-corrected chi connectivity index (χ1v) is 6.02. The zero-order valence-corrected chi connectivity index (χ0v) is 10.3. The fourth-order valence-electron chi connectivity index (χ4n) is 2.55. The largest absolute Gasteiger partial charge is 0.480 e. The Kier molecular flexibility index (Phi) is 3.47. The van der Waals surface area contributed by atoms with E-state index in [1.54, 1.807) is 4.68 Å². The van der Waals surface area contributed by atoms with Gasteiger partial charge in [-0.05, 0) is 30.9 Å². The van der Waals surface area contributed by atoms with Crippen LogP contribution in [-0.4, -0.2) is 44.9 Å². The predicted molar refractivity (Wildman–Crippen MR) is 63.7 cm³/mol. The van der Waals surface area contributed by atoms with Crippen molar-refractivity contribution in [3.8, 4) is 0 Å². The van der Waals surface area contributed by atoms with Gasteiger partial charge in [0.25, 0.3) is 0 Å². The van der Waals surface area contributed by atoms with Crippen molar-refractivity contribution < 1.29 is 9.90 Å². The van der Waals surface area contributed by atoms with Crippen LogP contribution in [0.4, 0.5) is 0 Å². The molecule has 5 nitrogen and oxygen atoms in total. The van der Waals surface area contributed by atoms with E-state index in [9.17, 15) is 9.90 Å². The molecule has 1 aliphatic rings. The number of carboxylic acid groups (broad SMARTS) is 1. The summed E-state index contributed by atoms with van der Waals surface area (Å²) < 4.78 is 1.77. The van der Waals surface area contributed by atoms with Crippen molar-refractivity contribution in [3.63, 3.8) is 0 Å². The van der Waals surface area contributed by atoms with Crippen LogP contribution in [0.5, 0.6) is 0 Å². The van der Waals surface area contributed by atoms with Gasteiger partial charge in [-0.1, -0.05) is 6.92 Å². The van der Waals surface area contributed by atoms with Crippen LogP contribution in [0.1, 0.15) is 18.9 Å². The van der Waals surface area contributed by atoms with Crippen LogP contribution < -0.4 is 0 Å². The molecule has 2 rings (SSSR count). The van der Waals surface area contributed by atoms with Gasteiger partial charge >= 0.3 is 5.97 Å². The van der Waals surface area contributed by atoms with Crippen molar-refractivity contribution in [2.75, 3.05) is 13.1 Å². The molecule has 2 heterocycles. The number of rotatable bonds is 4. The molecule has 0 spiro atoms. The number of hydrogen-bond donors (Lipinski definition) is 1. The lowest BCUT2D eigenvalue weighted by Crippen LogP contribution is -2.39. The number of nitrogens with zero attached hydrogens (tertiary/aromatic N) is 3. The summed E-state index contributed by atoms with van der Waals surface area (Å²) in [4.78, 5) is 13.2. The van der Waals surface area contributed by atoms with E-state index in [1.165, 1.54) is 0 Å². The normalized spacial score (nSPS) is 25.3. The molecule has 0 bridgehead atoms. The van der Waals surface area contributed by atoms with Gasteiger partial charge in [0.05, 0.1) is 6.20 Å². The van der Waals surface area contributed by atoms with Gasteiger partial charge in [-0.25, -0.2) is 0 Å². The number of aromatic nitrogens is 2. The highest BCUT2D eigenvalue weighted by atomic mass is 16.4. The van der Waals surface area contributed by atoms with Crippen LogP contribution in [0.3, 0.4) is 0 Å². The maximum absolute atomic E-state index is 11.2. The van der Waals surface area contributed by atoms with Gasteiger partial charge in [-0.2, -0.15) is 5.10 Å². The molecule has 0 aromatic carbocycles. The highest BCUT2D eigenvalue weighted by Crippen LogP contribution is 2.24.